The van der Waals surface area contributed by atoms with Crippen LogP contribution in [0.2, 0.25) is 0 Å². The van der Waals surface area contributed by atoms with Crippen LogP contribution in [0.4, 0.5) is 5.69 Å². The minimum Gasteiger partial charge on any atom is -0.493 e. The van der Waals surface area contributed by atoms with Crippen LogP contribution in [0.25, 0.3) is 0 Å². The van der Waals surface area contributed by atoms with Crippen molar-refractivity contribution < 1.29 is 14.6 Å². The third-order valence-corrected chi connectivity index (χ3v) is 2.60. The first-order valence-electron chi connectivity index (χ1n) is 4.89. The molecule has 1 atom stereocenters. The van der Waals surface area contributed by atoms with Crippen molar-refractivity contribution >= 4 is 11.7 Å². The largest absolute Gasteiger partial charge is 0.493 e. The Hall–Kier alpha value is -1.71. The summed E-state index contributed by atoms with van der Waals surface area (Å²) in [7, 11) is 0. The third-order valence-electron chi connectivity index (χ3n) is 2.60. The summed E-state index contributed by atoms with van der Waals surface area (Å²) in [6, 6.07) is 5.51. The maximum Gasteiger partial charge on any atom is 0.303 e. The minimum absolute atomic E-state index is 0.0275. The molecule has 0 bridgehead atoms. The number of nitrogen functional groups attached to an aromatic ring is 1. The molecule has 0 fully saturated rings. The Labute approximate surface area is 87.7 Å². The summed E-state index contributed by atoms with van der Waals surface area (Å²) in [5.41, 5.74) is 7.43. The molecule has 0 saturated heterocycles. The van der Waals surface area contributed by atoms with Gasteiger partial charge >= 0.3 is 5.97 Å². The van der Waals surface area contributed by atoms with E-state index in [0.717, 1.165) is 11.3 Å². The van der Waals surface area contributed by atoms with Gasteiger partial charge in [-0.15, -0.1) is 0 Å². The van der Waals surface area contributed by atoms with Crippen LogP contribution in [0.15, 0.2) is 18.2 Å². The molecule has 4 heteroatoms. The molecule has 4 nitrogen and oxygen atoms in total. The van der Waals surface area contributed by atoms with Gasteiger partial charge in [0.25, 0.3) is 0 Å². The first-order valence-corrected chi connectivity index (χ1v) is 4.89. The van der Waals surface area contributed by atoms with E-state index in [0.29, 0.717) is 18.7 Å². The van der Waals surface area contributed by atoms with Gasteiger partial charge in [-0.1, -0.05) is 6.07 Å². The SMILES string of the molecule is Nc1cccc2c1CC(CC(=O)O)CO2. The highest BCUT2D eigenvalue weighted by atomic mass is 16.5. The molecule has 0 radical (unpaired) electrons. The van der Waals surface area contributed by atoms with E-state index in [4.69, 9.17) is 15.6 Å². The Kier molecular flexibility index (Phi) is 2.49. The van der Waals surface area contributed by atoms with Crippen LogP contribution in [-0.2, 0) is 11.2 Å². The second-order valence-corrected chi connectivity index (χ2v) is 3.80. The van der Waals surface area contributed by atoms with Crippen molar-refractivity contribution in [3.63, 3.8) is 0 Å². The van der Waals surface area contributed by atoms with Gasteiger partial charge in [0.15, 0.2) is 0 Å². The summed E-state index contributed by atoms with van der Waals surface area (Å²) >= 11 is 0. The predicted molar refractivity (Wildman–Crippen MR) is 55.8 cm³/mol. The number of rotatable bonds is 2. The van der Waals surface area contributed by atoms with Crippen LogP contribution in [-0.4, -0.2) is 17.7 Å². The highest BCUT2D eigenvalue weighted by molar-refractivity contribution is 5.67. The van der Waals surface area contributed by atoms with Gasteiger partial charge in [-0.2, -0.15) is 0 Å². The molecule has 80 valence electrons. The summed E-state index contributed by atoms with van der Waals surface area (Å²) in [6.45, 7) is 0.461. The minimum atomic E-state index is -0.790. The van der Waals surface area contributed by atoms with Gasteiger partial charge in [0.2, 0.25) is 0 Å². The van der Waals surface area contributed by atoms with Gasteiger partial charge < -0.3 is 15.6 Å². The van der Waals surface area contributed by atoms with E-state index in [1.54, 1.807) is 0 Å². The summed E-state index contributed by atoms with van der Waals surface area (Å²) < 4.78 is 5.47. The molecule has 3 N–H and O–H groups in total. The first kappa shape index (κ1) is 9.83. The number of aliphatic carboxylic acids is 1. The number of carbonyl (C=O) groups is 1. The van der Waals surface area contributed by atoms with E-state index >= 15 is 0 Å². The summed E-state index contributed by atoms with van der Waals surface area (Å²) in [4.78, 5) is 10.6. The number of anilines is 1. The standard InChI is InChI=1S/C11H13NO3/c12-9-2-1-3-10-8(9)4-7(6-15-10)5-11(13)14/h1-3,7H,4-6,12H2,(H,13,14). The van der Waals surface area contributed by atoms with Gasteiger partial charge in [-0.05, 0) is 18.6 Å². The normalized spacial score (nSPS) is 19.1. The summed E-state index contributed by atoms with van der Waals surface area (Å²) in [5.74, 6) is 0.0258. The van der Waals surface area contributed by atoms with Crippen molar-refractivity contribution in [1.82, 2.24) is 0 Å². The highest BCUT2D eigenvalue weighted by Crippen LogP contribution is 2.32. The average molecular weight is 207 g/mol. The van der Waals surface area contributed by atoms with Gasteiger partial charge in [0.1, 0.15) is 5.75 Å². The Morgan fingerprint density at radius 1 is 1.60 bits per heavy atom. The van der Waals surface area contributed by atoms with Gasteiger partial charge in [0, 0.05) is 17.2 Å². The van der Waals surface area contributed by atoms with E-state index in [1.807, 2.05) is 18.2 Å². The lowest BCUT2D eigenvalue weighted by molar-refractivity contribution is -0.138. The molecule has 0 spiro atoms. The molecule has 1 aromatic carbocycles. The molecule has 1 unspecified atom stereocenters. The van der Waals surface area contributed by atoms with Crippen LogP contribution in [0.1, 0.15) is 12.0 Å². The number of carboxylic acid groups (broad SMARTS) is 1. The third kappa shape index (κ3) is 2.03. The lowest BCUT2D eigenvalue weighted by Crippen LogP contribution is -2.24. The second kappa shape index (κ2) is 3.81. The van der Waals surface area contributed by atoms with Crippen molar-refractivity contribution in [2.24, 2.45) is 5.92 Å². The summed E-state index contributed by atoms with van der Waals surface area (Å²) in [6.07, 6.45) is 0.822. The number of ether oxygens (including phenoxy) is 1. The molecular weight excluding hydrogens is 194 g/mol. The number of fused-ring (bicyclic) bond motifs is 1. The lowest BCUT2D eigenvalue weighted by Gasteiger charge is -2.25. The molecule has 0 amide bonds. The van der Waals surface area contributed by atoms with Crippen molar-refractivity contribution in [1.29, 1.82) is 0 Å². The van der Waals surface area contributed by atoms with Crippen molar-refractivity contribution in [3.8, 4) is 5.75 Å². The second-order valence-electron chi connectivity index (χ2n) is 3.80. The topological polar surface area (TPSA) is 72.6 Å². The molecular formula is C11H13NO3. The lowest BCUT2D eigenvalue weighted by atomic mass is 9.93. The van der Waals surface area contributed by atoms with Crippen molar-refractivity contribution in [3.05, 3.63) is 23.8 Å². The smallest absolute Gasteiger partial charge is 0.303 e. The van der Waals surface area contributed by atoms with E-state index in [2.05, 4.69) is 0 Å². The zero-order valence-electron chi connectivity index (χ0n) is 8.27. The van der Waals surface area contributed by atoms with Gasteiger partial charge in [-0.3, -0.25) is 4.79 Å². The molecule has 1 aliphatic rings. The van der Waals surface area contributed by atoms with Crippen molar-refractivity contribution in [2.75, 3.05) is 12.3 Å². The molecule has 2 rings (SSSR count). The zero-order chi connectivity index (χ0) is 10.8. The maximum absolute atomic E-state index is 10.6. The molecule has 0 aromatic heterocycles. The fourth-order valence-electron chi connectivity index (χ4n) is 1.87. The fraction of sp³-hybridized carbons (Fsp3) is 0.364. The fourth-order valence-corrected chi connectivity index (χ4v) is 1.87. The number of hydrogen-bond acceptors (Lipinski definition) is 3. The predicted octanol–water partition coefficient (Wildman–Crippen LogP) is 1.29. The van der Waals surface area contributed by atoms with Crippen LogP contribution >= 0.6 is 0 Å². The Morgan fingerprint density at radius 2 is 2.40 bits per heavy atom. The van der Waals surface area contributed by atoms with Crippen LogP contribution < -0.4 is 10.5 Å². The van der Waals surface area contributed by atoms with Crippen LogP contribution in [0.3, 0.4) is 0 Å². The molecule has 1 heterocycles. The van der Waals surface area contributed by atoms with E-state index in [-0.39, 0.29) is 12.3 Å². The molecule has 15 heavy (non-hydrogen) atoms. The zero-order valence-corrected chi connectivity index (χ0v) is 8.27. The summed E-state index contributed by atoms with van der Waals surface area (Å²) in [5, 5.41) is 8.70. The number of nitrogens with two attached hydrogens (primary N) is 1. The van der Waals surface area contributed by atoms with Crippen molar-refractivity contribution in [2.45, 2.75) is 12.8 Å². The first-order chi connectivity index (χ1) is 7.16. The number of benzene rings is 1. The Morgan fingerprint density at radius 3 is 3.13 bits per heavy atom. The number of hydrogen-bond donors (Lipinski definition) is 2. The highest BCUT2D eigenvalue weighted by Gasteiger charge is 2.23. The van der Waals surface area contributed by atoms with Gasteiger partial charge in [0.05, 0.1) is 13.0 Å². The molecule has 0 saturated carbocycles. The molecule has 1 aromatic rings. The van der Waals surface area contributed by atoms with E-state index in [9.17, 15) is 4.79 Å². The monoisotopic (exact) mass is 207 g/mol. The quantitative estimate of drug-likeness (QED) is 0.717. The molecule has 0 aliphatic carbocycles. The van der Waals surface area contributed by atoms with E-state index < -0.39 is 5.97 Å². The van der Waals surface area contributed by atoms with E-state index in [1.165, 1.54) is 0 Å². The molecule has 1 aliphatic heterocycles. The van der Waals surface area contributed by atoms with Crippen LogP contribution in [0, 0.1) is 5.92 Å². The number of carboxylic acids is 1. The van der Waals surface area contributed by atoms with Gasteiger partial charge in [-0.25, -0.2) is 0 Å². The average Bonchev–Trinajstić information content (AvgIpc) is 2.18. The maximum atomic E-state index is 10.6. The Bertz CT molecular complexity index is 389. The van der Waals surface area contributed by atoms with Crippen LogP contribution in [0.5, 0.6) is 5.75 Å². The Balaban J connectivity index is 2.18.